The van der Waals surface area contributed by atoms with Crippen LogP contribution in [0.1, 0.15) is 25.0 Å². The van der Waals surface area contributed by atoms with E-state index in [9.17, 15) is 9.59 Å². The molecule has 0 spiro atoms. The SMILES string of the molecule is CC(C)(C(=O)O)c1ccc(CC=O)cc1. The molecule has 0 radical (unpaired) electrons. The molecular formula is C12H14O3. The fourth-order valence-electron chi connectivity index (χ4n) is 1.28. The van der Waals surface area contributed by atoms with Gasteiger partial charge >= 0.3 is 5.97 Å². The van der Waals surface area contributed by atoms with Gasteiger partial charge in [-0.1, -0.05) is 24.3 Å². The molecule has 3 heteroatoms. The van der Waals surface area contributed by atoms with Gasteiger partial charge in [0.25, 0.3) is 0 Å². The summed E-state index contributed by atoms with van der Waals surface area (Å²) >= 11 is 0. The molecule has 0 heterocycles. The first-order valence-corrected chi connectivity index (χ1v) is 4.75. The lowest BCUT2D eigenvalue weighted by Gasteiger charge is -2.19. The maximum absolute atomic E-state index is 11.0. The smallest absolute Gasteiger partial charge is 0.313 e. The molecule has 0 unspecified atom stereocenters. The van der Waals surface area contributed by atoms with Gasteiger partial charge in [-0.15, -0.1) is 0 Å². The average molecular weight is 206 g/mol. The highest BCUT2D eigenvalue weighted by molar-refractivity contribution is 5.80. The van der Waals surface area contributed by atoms with Gasteiger partial charge in [0.2, 0.25) is 0 Å². The minimum Gasteiger partial charge on any atom is -0.481 e. The molecule has 0 saturated heterocycles. The molecule has 3 nitrogen and oxygen atoms in total. The summed E-state index contributed by atoms with van der Waals surface area (Å²) in [6.07, 6.45) is 1.20. The van der Waals surface area contributed by atoms with Crippen LogP contribution in [-0.4, -0.2) is 17.4 Å². The summed E-state index contributed by atoms with van der Waals surface area (Å²) < 4.78 is 0. The van der Waals surface area contributed by atoms with Crippen molar-refractivity contribution in [3.63, 3.8) is 0 Å². The Hall–Kier alpha value is -1.64. The first-order chi connectivity index (χ1) is 6.98. The summed E-state index contributed by atoms with van der Waals surface area (Å²) in [5, 5.41) is 9.01. The van der Waals surface area contributed by atoms with Crippen LogP contribution in [0.4, 0.5) is 0 Å². The van der Waals surface area contributed by atoms with Crippen LogP contribution in [-0.2, 0) is 21.4 Å². The fourth-order valence-corrected chi connectivity index (χ4v) is 1.28. The predicted molar refractivity (Wildman–Crippen MR) is 56.9 cm³/mol. The lowest BCUT2D eigenvalue weighted by Crippen LogP contribution is -2.28. The number of benzene rings is 1. The van der Waals surface area contributed by atoms with Gasteiger partial charge < -0.3 is 9.90 Å². The van der Waals surface area contributed by atoms with Gasteiger partial charge in [0.1, 0.15) is 6.29 Å². The van der Waals surface area contributed by atoms with Crippen molar-refractivity contribution in [2.75, 3.05) is 0 Å². The molecule has 0 bridgehead atoms. The Balaban J connectivity index is 2.98. The van der Waals surface area contributed by atoms with Gasteiger partial charge in [0.15, 0.2) is 0 Å². The van der Waals surface area contributed by atoms with Gasteiger partial charge in [-0.05, 0) is 25.0 Å². The van der Waals surface area contributed by atoms with E-state index in [1.54, 1.807) is 38.1 Å². The number of carboxylic acids is 1. The van der Waals surface area contributed by atoms with Gasteiger partial charge in [-0.2, -0.15) is 0 Å². The zero-order valence-electron chi connectivity index (χ0n) is 8.86. The predicted octanol–water partition coefficient (Wildman–Crippen LogP) is 1.79. The van der Waals surface area contributed by atoms with Crippen molar-refractivity contribution in [3.05, 3.63) is 35.4 Å². The summed E-state index contributed by atoms with van der Waals surface area (Å²) in [5.41, 5.74) is 0.749. The largest absolute Gasteiger partial charge is 0.481 e. The summed E-state index contributed by atoms with van der Waals surface area (Å²) in [5.74, 6) is -0.856. The van der Waals surface area contributed by atoms with Crippen molar-refractivity contribution < 1.29 is 14.7 Å². The molecule has 1 aromatic carbocycles. The van der Waals surface area contributed by atoms with E-state index in [0.717, 1.165) is 17.4 Å². The maximum Gasteiger partial charge on any atom is 0.313 e. The van der Waals surface area contributed by atoms with Gasteiger partial charge in [-0.25, -0.2) is 0 Å². The fraction of sp³-hybridized carbons (Fsp3) is 0.333. The number of rotatable bonds is 4. The second kappa shape index (κ2) is 4.26. The van der Waals surface area contributed by atoms with Crippen molar-refractivity contribution in [1.29, 1.82) is 0 Å². The quantitative estimate of drug-likeness (QED) is 0.764. The number of carbonyl (C=O) groups is 2. The molecule has 0 amide bonds. The summed E-state index contributed by atoms with van der Waals surface area (Å²) in [6.45, 7) is 3.31. The normalized spacial score (nSPS) is 11.1. The Labute approximate surface area is 88.7 Å². The molecule has 0 atom stereocenters. The number of carbonyl (C=O) groups excluding carboxylic acids is 1. The van der Waals surface area contributed by atoms with Gasteiger partial charge in [0.05, 0.1) is 5.41 Å². The molecule has 0 aliphatic heterocycles. The van der Waals surface area contributed by atoms with E-state index < -0.39 is 11.4 Å². The Bertz CT molecular complexity index is 363. The van der Waals surface area contributed by atoms with Crippen LogP contribution in [0.15, 0.2) is 24.3 Å². The van der Waals surface area contributed by atoms with E-state index in [-0.39, 0.29) is 0 Å². The maximum atomic E-state index is 11.0. The molecule has 0 aliphatic rings. The van der Waals surface area contributed by atoms with Crippen LogP contribution in [0.25, 0.3) is 0 Å². The van der Waals surface area contributed by atoms with Crippen LogP contribution in [0.3, 0.4) is 0 Å². The second-order valence-electron chi connectivity index (χ2n) is 4.00. The minimum absolute atomic E-state index is 0.369. The highest BCUT2D eigenvalue weighted by Gasteiger charge is 2.28. The Morgan fingerprint density at radius 3 is 2.27 bits per heavy atom. The molecular weight excluding hydrogens is 192 g/mol. The van der Waals surface area contributed by atoms with E-state index >= 15 is 0 Å². The monoisotopic (exact) mass is 206 g/mol. The molecule has 0 aliphatic carbocycles. The highest BCUT2D eigenvalue weighted by atomic mass is 16.4. The van der Waals surface area contributed by atoms with E-state index in [4.69, 9.17) is 5.11 Å². The molecule has 80 valence electrons. The molecule has 1 aromatic rings. The zero-order chi connectivity index (χ0) is 11.5. The molecule has 0 aromatic heterocycles. The first-order valence-electron chi connectivity index (χ1n) is 4.75. The summed E-state index contributed by atoms with van der Waals surface area (Å²) in [6, 6.07) is 7.09. The van der Waals surface area contributed by atoms with Crippen molar-refractivity contribution in [2.24, 2.45) is 0 Å². The van der Waals surface area contributed by atoms with E-state index in [1.165, 1.54) is 0 Å². The van der Waals surface area contributed by atoms with Gasteiger partial charge in [-0.3, -0.25) is 4.79 Å². The van der Waals surface area contributed by atoms with Crippen LogP contribution in [0, 0.1) is 0 Å². The Kier molecular flexibility index (Phi) is 3.24. The summed E-state index contributed by atoms with van der Waals surface area (Å²) in [4.78, 5) is 21.2. The van der Waals surface area contributed by atoms with Gasteiger partial charge in [0, 0.05) is 6.42 Å². The molecule has 0 saturated carbocycles. The number of hydrogen-bond donors (Lipinski definition) is 1. The minimum atomic E-state index is -0.889. The third kappa shape index (κ3) is 2.43. The average Bonchev–Trinajstić information content (AvgIpc) is 2.19. The van der Waals surface area contributed by atoms with Crippen molar-refractivity contribution in [1.82, 2.24) is 0 Å². The Morgan fingerprint density at radius 1 is 1.33 bits per heavy atom. The Morgan fingerprint density at radius 2 is 1.87 bits per heavy atom. The highest BCUT2D eigenvalue weighted by Crippen LogP contribution is 2.23. The lowest BCUT2D eigenvalue weighted by molar-refractivity contribution is -0.142. The third-order valence-electron chi connectivity index (χ3n) is 2.53. The van der Waals surface area contributed by atoms with Crippen LogP contribution < -0.4 is 0 Å². The van der Waals surface area contributed by atoms with Crippen LogP contribution in [0.5, 0.6) is 0 Å². The lowest BCUT2D eigenvalue weighted by atomic mass is 9.84. The molecule has 1 rings (SSSR count). The molecule has 15 heavy (non-hydrogen) atoms. The number of carboxylic acid groups (broad SMARTS) is 1. The molecule has 0 fully saturated rings. The topological polar surface area (TPSA) is 54.4 Å². The molecule has 1 N–H and O–H groups in total. The van der Waals surface area contributed by atoms with E-state index in [0.29, 0.717) is 6.42 Å². The summed E-state index contributed by atoms with van der Waals surface area (Å²) in [7, 11) is 0. The van der Waals surface area contributed by atoms with Crippen molar-refractivity contribution >= 4 is 12.3 Å². The first kappa shape index (κ1) is 11.4. The van der Waals surface area contributed by atoms with E-state index in [1.807, 2.05) is 0 Å². The third-order valence-corrected chi connectivity index (χ3v) is 2.53. The van der Waals surface area contributed by atoms with Crippen molar-refractivity contribution in [2.45, 2.75) is 25.7 Å². The zero-order valence-corrected chi connectivity index (χ0v) is 8.86. The van der Waals surface area contributed by atoms with Crippen molar-refractivity contribution in [3.8, 4) is 0 Å². The second-order valence-corrected chi connectivity index (χ2v) is 4.00. The number of aldehydes is 1. The van der Waals surface area contributed by atoms with Crippen LogP contribution >= 0.6 is 0 Å². The number of aliphatic carboxylic acids is 1. The van der Waals surface area contributed by atoms with Crippen LogP contribution in [0.2, 0.25) is 0 Å². The number of hydrogen-bond acceptors (Lipinski definition) is 2. The van der Waals surface area contributed by atoms with E-state index in [2.05, 4.69) is 0 Å². The standard InChI is InChI=1S/C12H14O3/c1-12(2,11(14)15)10-5-3-9(4-6-10)7-8-13/h3-6,8H,7H2,1-2H3,(H,14,15).